The van der Waals surface area contributed by atoms with Gasteiger partial charge in [-0.15, -0.1) is 0 Å². The number of para-hydroxylation sites is 2. The summed E-state index contributed by atoms with van der Waals surface area (Å²) in [4.78, 5) is 25.0. The lowest BCUT2D eigenvalue weighted by atomic mass is 10.0. The molecule has 1 aliphatic heterocycles. The number of hydrogen-bond donors (Lipinski definition) is 2. The Morgan fingerprint density at radius 3 is 2.56 bits per heavy atom. The van der Waals surface area contributed by atoms with Gasteiger partial charge < -0.3 is 10.6 Å². The zero-order valence-corrected chi connectivity index (χ0v) is 15.1. The minimum atomic E-state index is -0.0219. The molecule has 3 rings (SSSR count). The molecule has 2 atom stereocenters. The van der Waals surface area contributed by atoms with Gasteiger partial charge in [-0.3, -0.25) is 13.9 Å². The van der Waals surface area contributed by atoms with Crippen molar-refractivity contribution in [1.29, 1.82) is 0 Å². The largest absolute Gasteiger partial charge is 0.353 e. The predicted molar refractivity (Wildman–Crippen MR) is 99.7 cm³/mol. The van der Waals surface area contributed by atoms with E-state index in [-0.39, 0.29) is 17.6 Å². The first kappa shape index (κ1) is 17.7. The molecule has 1 saturated heterocycles. The van der Waals surface area contributed by atoms with Gasteiger partial charge >= 0.3 is 5.69 Å². The van der Waals surface area contributed by atoms with Gasteiger partial charge in [-0.25, -0.2) is 4.79 Å². The van der Waals surface area contributed by atoms with Crippen LogP contribution in [0.2, 0.25) is 0 Å². The maximum Gasteiger partial charge on any atom is 0.329 e. The molecule has 1 aromatic heterocycles. The Kier molecular flexibility index (Phi) is 5.58. The van der Waals surface area contributed by atoms with Gasteiger partial charge in [0.05, 0.1) is 11.0 Å². The van der Waals surface area contributed by atoms with E-state index in [1.807, 2.05) is 28.8 Å². The van der Waals surface area contributed by atoms with Crippen LogP contribution in [0.3, 0.4) is 0 Å². The van der Waals surface area contributed by atoms with Crippen LogP contribution in [-0.2, 0) is 17.9 Å². The lowest BCUT2D eigenvalue weighted by Gasteiger charge is -2.28. The second-order valence-electron chi connectivity index (χ2n) is 6.97. The highest BCUT2D eigenvalue weighted by Gasteiger charge is 2.20. The Hall–Kier alpha value is -2.08. The molecule has 136 valence electrons. The maximum atomic E-state index is 12.7. The molecule has 2 unspecified atom stereocenters. The lowest BCUT2D eigenvalue weighted by molar-refractivity contribution is -0.122. The molecule has 6 heteroatoms. The van der Waals surface area contributed by atoms with Crippen molar-refractivity contribution in [2.75, 3.05) is 6.54 Å². The van der Waals surface area contributed by atoms with Crippen LogP contribution in [0.4, 0.5) is 0 Å². The van der Waals surface area contributed by atoms with Crippen molar-refractivity contribution in [1.82, 2.24) is 19.8 Å². The minimum Gasteiger partial charge on any atom is -0.353 e. The normalized spacial score (nSPS) is 20.7. The van der Waals surface area contributed by atoms with Crippen molar-refractivity contribution >= 4 is 16.9 Å². The van der Waals surface area contributed by atoms with Crippen molar-refractivity contribution in [3.8, 4) is 0 Å². The Bertz CT molecular complexity index is 792. The van der Waals surface area contributed by atoms with E-state index >= 15 is 0 Å². The number of nitrogens with one attached hydrogen (secondary N) is 2. The number of carbonyl (C=O) groups is 1. The molecular formula is C19H28N4O2. The monoisotopic (exact) mass is 344 g/mol. The lowest BCUT2D eigenvalue weighted by Crippen LogP contribution is -2.46. The quantitative estimate of drug-likeness (QED) is 0.840. The van der Waals surface area contributed by atoms with E-state index in [1.165, 1.54) is 0 Å². The van der Waals surface area contributed by atoms with Crippen LogP contribution in [0.1, 0.15) is 39.5 Å². The van der Waals surface area contributed by atoms with Gasteiger partial charge in [0.2, 0.25) is 5.91 Å². The second kappa shape index (κ2) is 7.87. The first-order valence-corrected chi connectivity index (χ1v) is 9.31. The van der Waals surface area contributed by atoms with E-state index in [9.17, 15) is 9.59 Å². The Morgan fingerprint density at radius 1 is 1.24 bits per heavy atom. The zero-order valence-electron chi connectivity index (χ0n) is 15.1. The van der Waals surface area contributed by atoms with Crippen LogP contribution in [0.15, 0.2) is 29.1 Å². The minimum absolute atomic E-state index is 0.0219. The van der Waals surface area contributed by atoms with Gasteiger partial charge in [0.25, 0.3) is 0 Å². The number of rotatable bonds is 6. The summed E-state index contributed by atoms with van der Waals surface area (Å²) in [6.45, 7) is 6.26. The average molecular weight is 344 g/mol. The van der Waals surface area contributed by atoms with E-state index in [0.29, 0.717) is 25.6 Å². The van der Waals surface area contributed by atoms with E-state index < -0.39 is 0 Å². The van der Waals surface area contributed by atoms with Gasteiger partial charge in [0.15, 0.2) is 0 Å². The summed E-state index contributed by atoms with van der Waals surface area (Å²) in [5, 5.41) is 6.50. The molecule has 0 radical (unpaired) electrons. The van der Waals surface area contributed by atoms with E-state index in [1.54, 1.807) is 4.57 Å². The van der Waals surface area contributed by atoms with Gasteiger partial charge in [0.1, 0.15) is 0 Å². The summed E-state index contributed by atoms with van der Waals surface area (Å²) in [5.74, 6) is 0.0262. The van der Waals surface area contributed by atoms with E-state index in [2.05, 4.69) is 24.5 Å². The Balaban J connectivity index is 1.69. The number of aryl methyl sites for hydroxylation is 2. The molecule has 0 spiro atoms. The van der Waals surface area contributed by atoms with Crippen molar-refractivity contribution < 1.29 is 4.79 Å². The SMILES string of the molecule is CCCn1c(=O)n(CCC(=O)NC2CCNC(C)C2)c2ccccc21. The first-order chi connectivity index (χ1) is 12.1. The van der Waals surface area contributed by atoms with Crippen LogP contribution < -0.4 is 16.3 Å². The number of fused-ring (bicyclic) bond motifs is 1. The summed E-state index contributed by atoms with van der Waals surface area (Å²) >= 11 is 0. The van der Waals surface area contributed by atoms with Gasteiger partial charge in [-0.05, 0) is 44.9 Å². The van der Waals surface area contributed by atoms with Crippen LogP contribution in [0.25, 0.3) is 11.0 Å². The average Bonchev–Trinajstić information content (AvgIpc) is 2.86. The highest BCUT2D eigenvalue weighted by molar-refractivity contribution is 5.78. The fourth-order valence-electron chi connectivity index (χ4n) is 3.70. The highest BCUT2D eigenvalue weighted by atomic mass is 16.2. The third-order valence-electron chi connectivity index (χ3n) is 4.92. The van der Waals surface area contributed by atoms with Crippen LogP contribution in [0.5, 0.6) is 0 Å². The molecule has 1 aliphatic rings. The number of amides is 1. The standard InChI is InChI=1S/C19H28N4O2/c1-3-11-22-16-6-4-5-7-17(16)23(19(22)25)12-9-18(24)21-15-8-10-20-14(2)13-15/h4-7,14-15,20H,3,8-13H2,1-2H3,(H,21,24). The molecule has 2 aromatic rings. The number of piperidine rings is 1. The molecule has 2 N–H and O–H groups in total. The molecule has 1 amide bonds. The summed E-state index contributed by atoms with van der Waals surface area (Å²) in [5.41, 5.74) is 1.83. The maximum absolute atomic E-state index is 12.7. The second-order valence-corrected chi connectivity index (χ2v) is 6.97. The molecule has 0 aliphatic carbocycles. The molecule has 0 bridgehead atoms. The number of nitrogens with zero attached hydrogens (tertiary/aromatic N) is 2. The predicted octanol–water partition coefficient (Wildman–Crippen LogP) is 1.86. The van der Waals surface area contributed by atoms with Gasteiger partial charge in [-0.2, -0.15) is 0 Å². The van der Waals surface area contributed by atoms with E-state index in [4.69, 9.17) is 0 Å². The van der Waals surface area contributed by atoms with Crippen molar-refractivity contribution in [3.05, 3.63) is 34.7 Å². The van der Waals surface area contributed by atoms with Crippen LogP contribution in [0, 0.1) is 0 Å². The molecule has 0 saturated carbocycles. The summed E-state index contributed by atoms with van der Waals surface area (Å²) in [6, 6.07) is 8.48. The topological polar surface area (TPSA) is 68.1 Å². The fourth-order valence-corrected chi connectivity index (χ4v) is 3.70. The molecule has 1 fully saturated rings. The summed E-state index contributed by atoms with van der Waals surface area (Å²) < 4.78 is 3.54. The smallest absolute Gasteiger partial charge is 0.329 e. The zero-order chi connectivity index (χ0) is 17.8. The van der Waals surface area contributed by atoms with Crippen molar-refractivity contribution in [2.24, 2.45) is 0 Å². The molecular weight excluding hydrogens is 316 g/mol. The molecule has 2 heterocycles. The van der Waals surface area contributed by atoms with Crippen molar-refractivity contribution in [3.63, 3.8) is 0 Å². The summed E-state index contributed by atoms with van der Waals surface area (Å²) in [7, 11) is 0. The first-order valence-electron chi connectivity index (χ1n) is 9.31. The molecule has 25 heavy (non-hydrogen) atoms. The van der Waals surface area contributed by atoms with Crippen LogP contribution in [-0.4, -0.2) is 33.7 Å². The fraction of sp³-hybridized carbons (Fsp3) is 0.579. The van der Waals surface area contributed by atoms with E-state index in [0.717, 1.165) is 36.8 Å². The highest BCUT2D eigenvalue weighted by Crippen LogP contribution is 2.14. The number of hydrogen-bond acceptors (Lipinski definition) is 3. The van der Waals surface area contributed by atoms with Crippen LogP contribution >= 0.6 is 0 Å². The Labute approximate surface area is 148 Å². The number of aromatic nitrogens is 2. The molecule has 1 aromatic carbocycles. The Morgan fingerprint density at radius 2 is 1.92 bits per heavy atom. The number of carbonyl (C=O) groups excluding carboxylic acids is 1. The third kappa shape index (κ3) is 3.95. The third-order valence-corrected chi connectivity index (χ3v) is 4.92. The number of imidazole rings is 1. The molecule has 6 nitrogen and oxygen atoms in total. The van der Waals surface area contributed by atoms with Gasteiger partial charge in [0, 0.05) is 31.6 Å². The summed E-state index contributed by atoms with van der Waals surface area (Å²) in [6.07, 6.45) is 3.16. The van der Waals surface area contributed by atoms with Crippen molar-refractivity contribution in [2.45, 2.75) is 64.7 Å². The number of benzene rings is 1. The van der Waals surface area contributed by atoms with Gasteiger partial charge in [-0.1, -0.05) is 19.1 Å².